The first kappa shape index (κ1) is 25.0. The van der Waals surface area contributed by atoms with Gasteiger partial charge in [-0.2, -0.15) is 0 Å². The van der Waals surface area contributed by atoms with E-state index in [2.05, 4.69) is 29.4 Å². The van der Waals surface area contributed by atoms with Gasteiger partial charge in [0.25, 0.3) is 11.8 Å². The Morgan fingerprint density at radius 3 is 2.34 bits per heavy atom. The first-order chi connectivity index (χ1) is 15.5. The summed E-state index contributed by atoms with van der Waals surface area (Å²) in [5.41, 5.74) is 2.62. The van der Waals surface area contributed by atoms with E-state index in [1.165, 1.54) is 0 Å². The molecule has 0 aliphatic rings. The average Bonchev–Trinajstić information content (AvgIpc) is 2.82. The molecule has 2 amide bonds. The number of amides is 2. The minimum atomic E-state index is -0.190. The Morgan fingerprint density at radius 1 is 0.969 bits per heavy atom. The normalized spacial score (nSPS) is 10.4. The van der Waals surface area contributed by atoms with Crippen LogP contribution in [0.15, 0.2) is 42.5 Å². The lowest BCUT2D eigenvalue weighted by Gasteiger charge is -2.23. The van der Waals surface area contributed by atoms with Crippen LogP contribution in [0.3, 0.4) is 0 Å². The van der Waals surface area contributed by atoms with Gasteiger partial charge in [0, 0.05) is 37.4 Å². The molecule has 32 heavy (non-hydrogen) atoms. The smallest absolute Gasteiger partial charge is 0.257 e. The maximum Gasteiger partial charge on any atom is 0.257 e. The number of ether oxygens (including phenoxy) is 2. The molecule has 0 aliphatic heterocycles. The van der Waals surface area contributed by atoms with Crippen LogP contribution in [0.4, 0.5) is 5.69 Å². The molecule has 0 fully saturated rings. The van der Waals surface area contributed by atoms with Gasteiger partial charge in [-0.3, -0.25) is 9.59 Å². The predicted molar refractivity (Wildman–Crippen MR) is 128 cm³/mol. The van der Waals surface area contributed by atoms with Crippen molar-refractivity contribution in [3.63, 3.8) is 0 Å². The fourth-order valence-corrected chi connectivity index (χ4v) is 3.26. The molecule has 0 saturated carbocycles. The van der Waals surface area contributed by atoms with Crippen molar-refractivity contribution >= 4 is 17.5 Å². The molecule has 0 radical (unpaired) electrons. The highest BCUT2D eigenvalue weighted by Crippen LogP contribution is 2.28. The van der Waals surface area contributed by atoms with Crippen molar-refractivity contribution in [1.82, 2.24) is 10.6 Å². The molecule has 7 nitrogen and oxygen atoms in total. The number of carbonyl (C=O) groups excluding carboxylic acids is 2. The van der Waals surface area contributed by atoms with Crippen LogP contribution in [0, 0.1) is 0 Å². The van der Waals surface area contributed by atoms with Gasteiger partial charge in [0.1, 0.15) is 0 Å². The zero-order valence-electron chi connectivity index (χ0n) is 19.6. The zero-order chi connectivity index (χ0) is 23.3. The summed E-state index contributed by atoms with van der Waals surface area (Å²) >= 11 is 0. The van der Waals surface area contributed by atoms with Crippen LogP contribution in [-0.2, 0) is 11.3 Å². The molecule has 174 valence electrons. The number of benzene rings is 2. The van der Waals surface area contributed by atoms with Crippen LogP contribution in [0.25, 0.3) is 0 Å². The number of nitrogens with zero attached hydrogens (tertiary/aromatic N) is 1. The second-order valence-electron chi connectivity index (χ2n) is 7.39. The predicted octanol–water partition coefficient (Wildman–Crippen LogP) is 3.77. The fourth-order valence-electron chi connectivity index (χ4n) is 3.26. The molecule has 0 saturated heterocycles. The molecule has 0 spiro atoms. The first-order valence-electron chi connectivity index (χ1n) is 11.2. The molecular weight excluding hydrogens is 406 g/mol. The van der Waals surface area contributed by atoms with Crippen LogP contribution in [-0.4, -0.2) is 45.2 Å². The molecule has 0 unspecified atom stereocenters. The Kier molecular flexibility index (Phi) is 10.4. The number of unbranched alkanes of at least 4 members (excludes halogenated alkanes) is 1. The van der Waals surface area contributed by atoms with Crippen molar-refractivity contribution in [2.45, 2.75) is 40.2 Å². The van der Waals surface area contributed by atoms with Gasteiger partial charge in [0.2, 0.25) is 0 Å². The highest BCUT2D eigenvalue weighted by Gasteiger charge is 2.11. The molecule has 0 bridgehead atoms. The summed E-state index contributed by atoms with van der Waals surface area (Å²) in [6.07, 6.45) is 2.30. The van der Waals surface area contributed by atoms with Gasteiger partial charge in [-0.15, -0.1) is 0 Å². The Labute approximate surface area is 191 Å². The number of rotatable bonds is 13. The van der Waals surface area contributed by atoms with Gasteiger partial charge in [-0.1, -0.05) is 19.4 Å². The van der Waals surface area contributed by atoms with Crippen LogP contribution in [0.2, 0.25) is 0 Å². The van der Waals surface area contributed by atoms with E-state index < -0.39 is 0 Å². The molecular formula is C25H35N3O4. The maximum atomic E-state index is 12.6. The molecule has 0 aliphatic carbocycles. The minimum Gasteiger partial charge on any atom is -0.493 e. The zero-order valence-corrected chi connectivity index (χ0v) is 19.6. The van der Waals surface area contributed by atoms with Crippen LogP contribution in [0.5, 0.6) is 11.5 Å². The molecule has 0 heterocycles. The molecule has 2 N–H and O–H groups in total. The van der Waals surface area contributed by atoms with E-state index in [0.29, 0.717) is 30.2 Å². The molecule has 0 aromatic heterocycles. The number of methoxy groups -OCH3 is 1. The van der Waals surface area contributed by atoms with E-state index in [1.807, 2.05) is 37.3 Å². The monoisotopic (exact) mass is 441 g/mol. The average molecular weight is 442 g/mol. The van der Waals surface area contributed by atoms with E-state index in [1.54, 1.807) is 19.2 Å². The molecule has 0 atom stereocenters. The Morgan fingerprint density at radius 2 is 1.72 bits per heavy atom. The van der Waals surface area contributed by atoms with Crippen molar-refractivity contribution < 1.29 is 19.1 Å². The Hall–Kier alpha value is -3.22. The summed E-state index contributed by atoms with van der Waals surface area (Å²) in [7, 11) is 1.54. The third-order valence-electron chi connectivity index (χ3n) is 5.07. The standard InChI is InChI=1S/C25H35N3O4/c1-5-8-15-28(7-3)21-12-10-20(11-13-21)25(30)27-17-19-9-14-22(23(16-19)31-4)32-18-24(29)26-6-2/h9-14,16H,5-8,15,17-18H2,1-4H3,(H,26,29)(H,27,30). The number of hydrogen-bond donors (Lipinski definition) is 2. The number of carbonyl (C=O) groups is 2. The van der Waals surface area contributed by atoms with Gasteiger partial charge in [0.15, 0.2) is 18.1 Å². The summed E-state index contributed by atoms with van der Waals surface area (Å²) in [6, 6.07) is 13.1. The van der Waals surface area contributed by atoms with Crippen LogP contribution in [0.1, 0.15) is 49.5 Å². The topological polar surface area (TPSA) is 79.9 Å². The van der Waals surface area contributed by atoms with Crippen molar-refractivity contribution in [3.8, 4) is 11.5 Å². The first-order valence-corrected chi connectivity index (χ1v) is 11.2. The third-order valence-corrected chi connectivity index (χ3v) is 5.07. The van der Waals surface area contributed by atoms with Crippen molar-refractivity contribution in [3.05, 3.63) is 53.6 Å². The highest BCUT2D eigenvalue weighted by atomic mass is 16.5. The summed E-state index contributed by atoms with van der Waals surface area (Å²) in [4.78, 5) is 26.5. The van der Waals surface area contributed by atoms with E-state index in [4.69, 9.17) is 9.47 Å². The number of hydrogen-bond acceptors (Lipinski definition) is 5. The van der Waals surface area contributed by atoms with E-state index >= 15 is 0 Å². The quantitative estimate of drug-likeness (QED) is 0.495. The van der Waals surface area contributed by atoms with E-state index in [9.17, 15) is 9.59 Å². The SMILES string of the molecule is CCCCN(CC)c1ccc(C(=O)NCc2ccc(OCC(=O)NCC)c(OC)c2)cc1. The molecule has 2 aromatic carbocycles. The van der Waals surface area contributed by atoms with Gasteiger partial charge < -0.3 is 25.0 Å². The van der Waals surface area contributed by atoms with Crippen molar-refractivity contribution in [2.24, 2.45) is 0 Å². The second kappa shape index (κ2) is 13.2. The van der Waals surface area contributed by atoms with E-state index in [0.717, 1.165) is 37.2 Å². The van der Waals surface area contributed by atoms with Crippen molar-refractivity contribution in [1.29, 1.82) is 0 Å². The lowest BCUT2D eigenvalue weighted by atomic mass is 10.1. The van der Waals surface area contributed by atoms with Crippen LogP contribution < -0.4 is 25.0 Å². The molecule has 2 aromatic rings. The van der Waals surface area contributed by atoms with Crippen LogP contribution >= 0.6 is 0 Å². The van der Waals surface area contributed by atoms with Gasteiger partial charge in [-0.25, -0.2) is 0 Å². The Balaban J connectivity index is 1.95. The summed E-state index contributed by atoms with van der Waals surface area (Å²) < 4.78 is 10.9. The molecule has 7 heteroatoms. The molecule has 2 rings (SSSR count). The lowest BCUT2D eigenvalue weighted by molar-refractivity contribution is -0.123. The van der Waals surface area contributed by atoms with Gasteiger partial charge in [0.05, 0.1) is 7.11 Å². The van der Waals surface area contributed by atoms with Gasteiger partial charge in [-0.05, 0) is 62.2 Å². The largest absolute Gasteiger partial charge is 0.493 e. The maximum absolute atomic E-state index is 12.6. The van der Waals surface area contributed by atoms with Gasteiger partial charge >= 0.3 is 0 Å². The highest BCUT2D eigenvalue weighted by molar-refractivity contribution is 5.94. The summed E-state index contributed by atoms with van der Waals surface area (Å²) in [5, 5.41) is 5.62. The summed E-state index contributed by atoms with van der Waals surface area (Å²) in [5.74, 6) is 0.665. The number of nitrogens with one attached hydrogen (secondary N) is 2. The van der Waals surface area contributed by atoms with Crippen molar-refractivity contribution in [2.75, 3.05) is 38.3 Å². The lowest BCUT2D eigenvalue weighted by Crippen LogP contribution is -2.28. The number of likely N-dealkylation sites (N-methyl/N-ethyl adjacent to an activating group) is 1. The second-order valence-corrected chi connectivity index (χ2v) is 7.39. The minimum absolute atomic E-state index is 0.0792. The Bertz CT molecular complexity index is 868. The van der Waals surface area contributed by atoms with E-state index in [-0.39, 0.29) is 18.4 Å². The fraction of sp³-hybridized carbons (Fsp3) is 0.440. The summed E-state index contributed by atoms with van der Waals surface area (Å²) in [6.45, 7) is 8.96. The third kappa shape index (κ3) is 7.48. The number of anilines is 1.